The van der Waals surface area contributed by atoms with Gasteiger partial charge in [0.2, 0.25) is 5.91 Å². The summed E-state index contributed by atoms with van der Waals surface area (Å²) in [6.45, 7) is 5.32. The number of nitrogens with zero attached hydrogens (tertiary/aromatic N) is 1. The minimum Gasteiger partial charge on any atom is -0.493 e. The molecule has 6 nitrogen and oxygen atoms in total. The molecule has 0 bridgehead atoms. The largest absolute Gasteiger partial charge is 0.493 e. The average Bonchev–Trinajstić information content (AvgIpc) is 2.70. The Morgan fingerprint density at radius 2 is 1.82 bits per heavy atom. The predicted octanol–water partition coefficient (Wildman–Crippen LogP) is 2.67. The van der Waals surface area contributed by atoms with Gasteiger partial charge in [0.05, 0.1) is 19.6 Å². The second kappa shape index (κ2) is 9.26. The number of para-hydroxylation sites is 1. The summed E-state index contributed by atoms with van der Waals surface area (Å²) >= 11 is 0. The van der Waals surface area contributed by atoms with E-state index < -0.39 is 0 Å². The first kappa shape index (κ1) is 19.7. The maximum atomic E-state index is 12.2. The van der Waals surface area contributed by atoms with Crippen LogP contribution < -0.4 is 20.5 Å². The van der Waals surface area contributed by atoms with E-state index in [-0.39, 0.29) is 31.4 Å². The van der Waals surface area contributed by atoms with Crippen molar-refractivity contribution < 1.29 is 14.3 Å². The van der Waals surface area contributed by atoms with Crippen LogP contribution in [0.2, 0.25) is 0 Å². The Labute approximate surface area is 165 Å². The van der Waals surface area contributed by atoms with Crippen LogP contribution in [-0.4, -0.2) is 31.5 Å². The van der Waals surface area contributed by atoms with Crippen molar-refractivity contribution in [2.24, 2.45) is 0 Å². The molecule has 0 saturated heterocycles. The Morgan fingerprint density at radius 3 is 2.68 bits per heavy atom. The third-order valence-corrected chi connectivity index (χ3v) is 5.02. The van der Waals surface area contributed by atoms with Crippen LogP contribution in [0, 0.1) is 13.8 Å². The molecule has 2 aromatic carbocycles. The van der Waals surface area contributed by atoms with Gasteiger partial charge in [0.25, 0.3) is 5.91 Å². The van der Waals surface area contributed by atoms with E-state index in [0.29, 0.717) is 0 Å². The van der Waals surface area contributed by atoms with Gasteiger partial charge in [-0.2, -0.15) is 0 Å². The lowest BCUT2D eigenvalue weighted by Gasteiger charge is -2.30. The molecule has 1 aliphatic rings. The predicted molar refractivity (Wildman–Crippen MR) is 109 cm³/mol. The molecule has 2 aromatic rings. The lowest BCUT2D eigenvalue weighted by Crippen LogP contribution is -2.47. The summed E-state index contributed by atoms with van der Waals surface area (Å²) < 4.78 is 5.67. The maximum Gasteiger partial charge on any atom is 0.257 e. The third-order valence-electron chi connectivity index (χ3n) is 5.02. The molecule has 2 amide bonds. The number of hydrogen-bond acceptors (Lipinski definition) is 4. The molecule has 6 heteroatoms. The van der Waals surface area contributed by atoms with Crippen LogP contribution in [0.4, 0.5) is 5.69 Å². The number of hydrogen-bond donors (Lipinski definition) is 2. The van der Waals surface area contributed by atoms with Crippen molar-refractivity contribution in [2.45, 2.75) is 33.1 Å². The van der Waals surface area contributed by atoms with Crippen molar-refractivity contribution in [3.63, 3.8) is 0 Å². The van der Waals surface area contributed by atoms with E-state index in [2.05, 4.69) is 16.9 Å². The Bertz CT molecular complexity index is 851. The molecule has 1 heterocycles. The highest BCUT2D eigenvalue weighted by Crippen LogP contribution is 2.26. The molecular weight excluding hydrogens is 354 g/mol. The number of aryl methyl sites for hydroxylation is 2. The lowest BCUT2D eigenvalue weighted by molar-refractivity contribution is -0.128. The van der Waals surface area contributed by atoms with E-state index in [4.69, 9.17) is 4.74 Å². The van der Waals surface area contributed by atoms with Crippen molar-refractivity contribution >= 4 is 17.5 Å². The normalized spacial score (nSPS) is 12.9. The average molecular weight is 381 g/mol. The summed E-state index contributed by atoms with van der Waals surface area (Å²) in [4.78, 5) is 26.2. The first-order valence-corrected chi connectivity index (χ1v) is 9.64. The minimum absolute atomic E-state index is 0.167. The lowest BCUT2D eigenvalue weighted by atomic mass is 10.0. The van der Waals surface area contributed by atoms with Gasteiger partial charge in [-0.3, -0.25) is 20.4 Å². The molecule has 2 N–H and O–H groups in total. The fourth-order valence-corrected chi connectivity index (χ4v) is 3.32. The number of nitrogens with one attached hydrogen (secondary N) is 2. The van der Waals surface area contributed by atoms with Crippen LogP contribution in [0.1, 0.15) is 29.5 Å². The van der Waals surface area contributed by atoms with Crippen LogP contribution in [0.15, 0.2) is 42.5 Å². The van der Waals surface area contributed by atoms with Crippen LogP contribution in [0.25, 0.3) is 0 Å². The molecule has 0 atom stereocenters. The number of rotatable bonds is 6. The maximum absolute atomic E-state index is 12.2. The van der Waals surface area contributed by atoms with Crippen molar-refractivity contribution in [3.05, 3.63) is 59.2 Å². The molecule has 0 unspecified atom stereocenters. The van der Waals surface area contributed by atoms with Gasteiger partial charge in [0.1, 0.15) is 5.75 Å². The summed E-state index contributed by atoms with van der Waals surface area (Å²) in [6, 6.07) is 14.0. The molecule has 3 rings (SSSR count). The van der Waals surface area contributed by atoms with Gasteiger partial charge in [-0.05, 0) is 55.5 Å². The molecular formula is C22H27N3O3. The monoisotopic (exact) mass is 381 g/mol. The number of hydrazine groups is 1. The molecule has 0 fully saturated rings. The van der Waals surface area contributed by atoms with E-state index >= 15 is 0 Å². The van der Waals surface area contributed by atoms with E-state index in [1.807, 2.05) is 55.1 Å². The highest BCUT2D eigenvalue weighted by Gasteiger charge is 2.18. The number of amides is 2. The molecule has 0 aliphatic carbocycles. The number of anilines is 1. The summed E-state index contributed by atoms with van der Waals surface area (Å²) in [5, 5.41) is 0. The van der Waals surface area contributed by atoms with Crippen molar-refractivity contribution in [1.82, 2.24) is 10.9 Å². The van der Waals surface area contributed by atoms with Crippen LogP contribution >= 0.6 is 0 Å². The van der Waals surface area contributed by atoms with Crippen LogP contribution in [0.5, 0.6) is 5.75 Å². The summed E-state index contributed by atoms with van der Waals surface area (Å²) in [5.74, 6) is 0.263. The first-order valence-electron chi connectivity index (χ1n) is 9.64. The van der Waals surface area contributed by atoms with Crippen molar-refractivity contribution in [2.75, 3.05) is 24.6 Å². The first-order chi connectivity index (χ1) is 13.5. The van der Waals surface area contributed by atoms with E-state index in [9.17, 15) is 9.59 Å². The second-order valence-corrected chi connectivity index (χ2v) is 7.05. The number of carbonyl (C=O) groups excluding carboxylic acids is 2. The van der Waals surface area contributed by atoms with Gasteiger partial charge < -0.3 is 9.64 Å². The number of ether oxygens (including phenoxy) is 1. The SMILES string of the molecule is Cc1cccc(OCCC(=O)NNC(=O)CN2CCCc3ccccc32)c1C. The minimum atomic E-state index is -0.280. The quantitative estimate of drug-likeness (QED) is 0.755. The van der Waals surface area contributed by atoms with Gasteiger partial charge in [0, 0.05) is 12.2 Å². The van der Waals surface area contributed by atoms with Gasteiger partial charge in [-0.25, -0.2) is 0 Å². The zero-order valence-corrected chi connectivity index (χ0v) is 16.5. The third kappa shape index (κ3) is 5.03. The van der Waals surface area contributed by atoms with E-state index in [1.54, 1.807) is 0 Å². The molecule has 0 spiro atoms. The molecule has 0 radical (unpaired) electrons. The fourth-order valence-electron chi connectivity index (χ4n) is 3.32. The highest BCUT2D eigenvalue weighted by atomic mass is 16.5. The van der Waals surface area contributed by atoms with Gasteiger partial charge in [0.15, 0.2) is 0 Å². The standard InChI is InChI=1S/C22H27N3O3/c1-16-7-5-11-20(17(16)2)28-14-12-21(26)23-24-22(27)15-25-13-6-9-18-8-3-4-10-19(18)25/h3-5,7-8,10-11H,6,9,12-15H2,1-2H3,(H,23,26)(H,24,27). The van der Waals surface area contributed by atoms with Gasteiger partial charge in [-0.1, -0.05) is 30.3 Å². The number of carbonyl (C=O) groups is 2. The molecule has 0 saturated carbocycles. The van der Waals surface area contributed by atoms with Crippen molar-refractivity contribution in [1.29, 1.82) is 0 Å². The van der Waals surface area contributed by atoms with Crippen LogP contribution in [-0.2, 0) is 16.0 Å². The van der Waals surface area contributed by atoms with Crippen molar-refractivity contribution in [3.8, 4) is 5.75 Å². The Kier molecular flexibility index (Phi) is 6.53. The second-order valence-electron chi connectivity index (χ2n) is 7.05. The van der Waals surface area contributed by atoms with E-state index in [1.165, 1.54) is 5.56 Å². The summed E-state index contributed by atoms with van der Waals surface area (Å²) in [7, 11) is 0. The topological polar surface area (TPSA) is 70.7 Å². The highest BCUT2D eigenvalue weighted by molar-refractivity contribution is 5.85. The summed E-state index contributed by atoms with van der Waals surface area (Å²) in [6.07, 6.45) is 2.22. The molecule has 0 aromatic heterocycles. The molecule has 1 aliphatic heterocycles. The summed E-state index contributed by atoms with van der Waals surface area (Å²) in [5.41, 5.74) is 9.52. The van der Waals surface area contributed by atoms with Crippen LogP contribution in [0.3, 0.4) is 0 Å². The Balaban J connectivity index is 1.40. The Hall–Kier alpha value is -3.02. The smallest absolute Gasteiger partial charge is 0.257 e. The number of benzene rings is 2. The van der Waals surface area contributed by atoms with Gasteiger partial charge in [-0.15, -0.1) is 0 Å². The zero-order chi connectivity index (χ0) is 19.9. The van der Waals surface area contributed by atoms with Gasteiger partial charge >= 0.3 is 0 Å². The molecule has 148 valence electrons. The number of fused-ring (bicyclic) bond motifs is 1. The molecule has 28 heavy (non-hydrogen) atoms. The van der Waals surface area contributed by atoms with E-state index in [0.717, 1.165) is 42.0 Å². The Morgan fingerprint density at radius 1 is 1.04 bits per heavy atom. The fraction of sp³-hybridized carbons (Fsp3) is 0.364. The zero-order valence-electron chi connectivity index (χ0n) is 16.5.